The average molecular weight is 255 g/mol. The molecule has 1 aliphatic rings. The molecule has 102 valence electrons. The van der Waals surface area contributed by atoms with Gasteiger partial charge in [0.2, 0.25) is 0 Å². The Balaban J connectivity index is 2.39. The minimum atomic E-state index is -0.748. The fourth-order valence-electron chi connectivity index (χ4n) is 1.79. The lowest BCUT2D eigenvalue weighted by molar-refractivity contribution is -0.142. The van der Waals surface area contributed by atoms with Crippen LogP contribution >= 0.6 is 0 Å². The summed E-state index contributed by atoms with van der Waals surface area (Å²) in [4.78, 5) is 36.2. The van der Waals surface area contributed by atoms with Gasteiger partial charge in [0.15, 0.2) is 0 Å². The van der Waals surface area contributed by atoms with Crippen LogP contribution in [0.15, 0.2) is 0 Å². The van der Waals surface area contributed by atoms with Crippen molar-refractivity contribution in [2.24, 2.45) is 11.1 Å². The fourth-order valence-corrected chi connectivity index (χ4v) is 1.79. The Morgan fingerprint density at radius 3 is 2.17 bits per heavy atom. The average Bonchev–Trinajstić information content (AvgIpc) is 2.51. The molecule has 2 N–H and O–H groups in total. The van der Waals surface area contributed by atoms with E-state index in [1.54, 1.807) is 0 Å². The molecule has 0 aromatic heterocycles. The molecule has 4 amide bonds. The van der Waals surface area contributed by atoms with Crippen LogP contribution in [0.25, 0.3) is 0 Å². The van der Waals surface area contributed by atoms with Gasteiger partial charge in [0.05, 0.1) is 0 Å². The SMILES string of the molecule is CN1C(=O)C(=O)N(CCCCC(C)(C)CN)C1=O. The second-order valence-electron chi connectivity index (χ2n) is 5.43. The molecular formula is C12H21N3O3. The first-order valence-electron chi connectivity index (χ1n) is 6.14. The van der Waals surface area contributed by atoms with E-state index in [0.717, 1.165) is 22.6 Å². The first-order valence-corrected chi connectivity index (χ1v) is 6.14. The number of unbranched alkanes of at least 4 members (excludes halogenated alkanes) is 1. The summed E-state index contributed by atoms with van der Waals surface area (Å²) in [5.41, 5.74) is 5.70. The van der Waals surface area contributed by atoms with Crippen LogP contribution < -0.4 is 5.73 Å². The van der Waals surface area contributed by atoms with Crippen LogP contribution in [0.5, 0.6) is 0 Å². The number of likely N-dealkylation sites (N-methyl/N-ethyl adjacent to an activating group) is 1. The highest BCUT2D eigenvalue weighted by Crippen LogP contribution is 2.21. The molecule has 6 heteroatoms. The quantitative estimate of drug-likeness (QED) is 0.427. The Labute approximate surface area is 107 Å². The van der Waals surface area contributed by atoms with E-state index in [0.29, 0.717) is 19.5 Å². The van der Waals surface area contributed by atoms with Crippen LogP contribution in [-0.2, 0) is 9.59 Å². The third kappa shape index (κ3) is 3.07. The van der Waals surface area contributed by atoms with Crippen molar-refractivity contribution in [1.82, 2.24) is 9.80 Å². The second kappa shape index (κ2) is 5.48. The topological polar surface area (TPSA) is 83.7 Å². The highest BCUT2D eigenvalue weighted by molar-refractivity contribution is 6.44. The predicted molar refractivity (Wildman–Crippen MR) is 66.6 cm³/mol. The standard InChI is InChI=1S/C12H21N3O3/c1-12(2,8-13)6-4-5-7-15-10(17)9(16)14(3)11(15)18/h4-8,13H2,1-3H3. The lowest BCUT2D eigenvalue weighted by Gasteiger charge is -2.22. The molecule has 0 radical (unpaired) electrons. The molecule has 0 atom stereocenters. The Morgan fingerprint density at radius 1 is 1.11 bits per heavy atom. The molecule has 0 saturated carbocycles. The van der Waals surface area contributed by atoms with Crippen molar-refractivity contribution >= 4 is 17.8 Å². The van der Waals surface area contributed by atoms with Gasteiger partial charge in [-0.1, -0.05) is 20.3 Å². The van der Waals surface area contributed by atoms with Gasteiger partial charge in [0, 0.05) is 13.6 Å². The van der Waals surface area contributed by atoms with E-state index in [1.807, 2.05) is 0 Å². The van der Waals surface area contributed by atoms with Crippen molar-refractivity contribution in [2.45, 2.75) is 33.1 Å². The summed E-state index contributed by atoms with van der Waals surface area (Å²) in [6.07, 6.45) is 2.50. The van der Waals surface area contributed by atoms with Crippen LogP contribution in [0.3, 0.4) is 0 Å². The number of rotatable bonds is 6. The maximum absolute atomic E-state index is 11.6. The Hall–Kier alpha value is -1.43. The van der Waals surface area contributed by atoms with Crippen molar-refractivity contribution in [3.63, 3.8) is 0 Å². The number of nitrogens with zero attached hydrogens (tertiary/aromatic N) is 2. The highest BCUT2D eigenvalue weighted by atomic mass is 16.2. The monoisotopic (exact) mass is 255 g/mol. The van der Waals surface area contributed by atoms with Crippen molar-refractivity contribution < 1.29 is 14.4 Å². The lowest BCUT2D eigenvalue weighted by atomic mass is 9.87. The van der Waals surface area contributed by atoms with Crippen LogP contribution in [0.2, 0.25) is 0 Å². The second-order valence-corrected chi connectivity index (χ2v) is 5.43. The lowest BCUT2D eigenvalue weighted by Crippen LogP contribution is -2.32. The number of carbonyl (C=O) groups excluding carboxylic acids is 3. The van der Waals surface area contributed by atoms with Crippen molar-refractivity contribution in [2.75, 3.05) is 20.1 Å². The normalized spacial score (nSPS) is 17.0. The third-order valence-corrected chi connectivity index (χ3v) is 3.29. The predicted octanol–water partition coefficient (Wildman–Crippen LogP) is 0.562. The minimum absolute atomic E-state index is 0.0750. The molecule has 1 heterocycles. The zero-order valence-electron chi connectivity index (χ0n) is 11.2. The zero-order valence-corrected chi connectivity index (χ0v) is 11.2. The van der Waals surface area contributed by atoms with Gasteiger partial charge in [-0.15, -0.1) is 0 Å². The number of nitrogens with two attached hydrogens (primary N) is 1. The summed E-state index contributed by atoms with van der Waals surface area (Å²) in [7, 11) is 1.32. The van der Waals surface area contributed by atoms with Gasteiger partial charge in [0.25, 0.3) is 0 Å². The summed E-state index contributed by atoms with van der Waals surface area (Å²) in [6.45, 7) is 5.07. The van der Waals surface area contributed by atoms with Crippen LogP contribution in [0.1, 0.15) is 33.1 Å². The van der Waals surface area contributed by atoms with Crippen LogP contribution in [0.4, 0.5) is 4.79 Å². The van der Waals surface area contributed by atoms with Gasteiger partial charge in [-0.3, -0.25) is 19.4 Å². The molecular weight excluding hydrogens is 234 g/mol. The maximum Gasteiger partial charge on any atom is 0.333 e. The summed E-state index contributed by atoms with van der Waals surface area (Å²) in [5.74, 6) is -1.47. The minimum Gasteiger partial charge on any atom is -0.330 e. The molecule has 0 aliphatic carbocycles. The molecule has 6 nitrogen and oxygen atoms in total. The van der Waals surface area contributed by atoms with Gasteiger partial charge in [-0.05, 0) is 24.8 Å². The van der Waals surface area contributed by atoms with Crippen molar-refractivity contribution in [1.29, 1.82) is 0 Å². The number of hydrogen-bond acceptors (Lipinski definition) is 4. The number of hydrogen-bond donors (Lipinski definition) is 1. The summed E-state index contributed by atoms with van der Waals surface area (Å²) in [5, 5.41) is 0. The van der Waals surface area contributed by atoms with Crippen molar-refractivity contribution in [3.8, 4) is 0 Å². The van der Waals surface area contributed by atoms with E-state index in [-0.39, 0.29) is 5.41 Å². The molecule has 0 bridgehead atoms. The van der Waals surface area contributed by atoms with E-state index >= 15 is 0 Å². The van der Waals surface area contributed by atoms with Crippen LogP contribution in [-0.4, -0.2) is 47.8 Å². The first kappa shape index (κ1) is 14.6. The molecule has 1 fully saturated rings. The Morgan fingerprint density at radius 2 is 1.72 bits per heavy atom. The summed E-state index contributed by atoms with van der Waals surface area (Å²) in [6, 6.07) is -0.525. The molecule has 0 aromatic carbocycles. The Bertz CT molecular complexity index is 366. The largest absolute Gasteiger partial charge is 0.333 e. The van der Waals surface area contributed by atoms with Gasteiger partial charge < -0.3 is 5.73 Å². The molecule has 0 spiro atoms. The van der Waals surface area contributed by atoms with E-state index in [9.17, 15) is 14.4 Å². The molecule has 0 unspecified atom stereocenters. The van der Waals surface area contributed by atoms with Crippen LogP contribution in [0, 0.1) is 5.41 Å². The zero-order chi connectivity index (χ0) is 13.9. The molecule has 18 heavy (non-hydrogen) atoms. The van der Waals surface area contributed by atoms with E-state index in [2.05, 4.69) is 13.8 Å². The third-order valence-electron chi connectivity index (χ3n) is 3.29. The van der Waals surface area contributed by atoms with E-state index in [1.165, 1.54) is 7.05 Å². The Kier molecular flexibility index (Phi) is 4.45. The molecule has 1 aliphatic heterocycles. The number of amides is 4. The summed E-state index contributed by atoms with van der Waals surface area (Å²) < 4.78 is 0. The van der Waals surface area contributed by atoms with Crippen molar-refractivity contribution in [3.05, 3.63) is 0 Å². The van der Waals surface area contributed by atoms with Gasteiger partial charge >= 0.3 is 17.8 Å². The van der Waals surface area contributed by atoms with Gasteiger partial charge in [-0.25, -0.2) is 4.79 Å². The highest BCUT2D eigenvalue weighted by Gasteiger charge is 2.41. The first-order chi connectivity index (χ1) is 8.30. The fraction of sp³-hybridized carbons (Fsp3) is 0.750. The molecule has 1 rings (SSSR count). The number of urea groups is 1. The number of imide groups is 2. The number of carbonyl (C=O) groups is 3. The van der Waals surface area contributed by atoms with Gasteiger partial charge in [-0.2, -0.15) is 0 Å². The summed E-state index contributed by atoms with van der Waals surface area (Å²) >= 11 is 0. The smallest absolute Gasteiger partial charge is 0.330 e. The maximum atomic E-state index is 11.6. The van der Waals surface area contributed by atoms with E-state index in [4.69, 9.17) is 5.73 Å². The van der Waals surface area contributed by atoms with Gasteiger partial charge in [0.1, 0.15) is 0 Å². The van der Waals surface area contributed by atoms with E-state index < -0.39 is 17.8 Å². The molecule has 1 saturated heterocycles. The molecule has 0 aromatic rings.